The predicted octanol–water partition coefficient (Wildman–Crippen LogP) is 3.85. The van der Waals surface area contributed by atoms with Crippen LogP contribution < -0.4 is 4.90 Å². The largest absolute Gasteiger partial charge is 0.297 e. The minimum absolute atomic E-state index is 0.0304. The Kier molecular flexibility index (Phi) is 8.79. The molecule has 0 bridgehead atoms. The monoisotopic (exact) mass is 690 g/mol. The summed E-state index contributed by atoms with van der Waals surface area (Å²) in [6.07, 6.45) is 2.32. The highest BCUT2D eigenvalue weighted by molar-refractivity contribution is 14.1. The molecule has 176 valence electrons. The summed E-state index contributed by atoms with van der Waals surface area (Å²) < 4.78 is -0.0991. The molecule has 0 saturated heterocycles. The van der Waals surface area contributed by atoms with E-state index in [1.54, 1.807) is 12.3 Å². The van der Waals surface area contributed by atoms with Gasteiger partial charge in [-0.05, 0) is 19.8 Å². The van der Waals surface area contributed by atoms with Gasteiger partial charge in [-0.25, -0.2) is 4.98 Å². The zero-order chi connectivity index (χ0) is 23.6. The summed E-state index contributed by atoms with van der Waals surface area (Å²) in [4.78, 5) is 54.5. The Morgan fingerprint density at radius 3 is 2.09 bits per heavy atom. The zero-order valence-electron chi connectivity index (χ0n) is 17.4. The van der Waals surface area contributed by atoms with Crippen LogP contribution in [0.3, 0.4) is 0 Å². The Balaban J connectivity index is 1.83. The number of anilines is 1. The van der Waals surface area contributed by atoms with Crippen LogP contribution in [0.25, 0.3) is 0 Å². The SMILES string of the molecule is Cc1csc(N(CC(=O)C2CC([N+](=O)[O-])CCC2I)C(=O)C2CC([N+](=O)[O-])CCC2I)n1. The highest BCUT2D eigenvalue weighted by Crippen LogP contribution is 2.36. The first kappa shape index (κ1) is 25.6. The van der Waals surface area contributed by atoms with Crippen molar-refractivity contribution in [1.82, 2.24) is 4.98 Å². The minimum Gasteiger partial charge on any atom is -0.297 e. The summed E-state index contributed by atoms with van der Waals surface area (Å²) in [5.41, 5.74) is 0.714. The van der Waals surface area contributed by atoms with Gasteiger partial charge < -0.3 is 0 Å². The summed E-state index contributed by atoms with van der Waals surface area (Å²) >= 11 is 5.59. The average Bonchev–Trinajstić information content (AvgIpc) is 3.17. The van der Waals surface area contributed by atoms with Gasteiger partial charge in [0.1, 0.15) is 0 Å². The Morgan fingerprint density at radius 1 is 1.06 bits per heavy atom. The van der Waals surface area contributed by atoms with E-state index in [0.29, 0.717) is 36.5 Å². The fourth-order valence-corrected chi connectivity index (χ4v) is 7.20. The molecular weight excluding hydrogens is 666 g/mol. The molecule has 1 amide bonds. The van der Waals surface area contributed by atoms with Gasteiger partial charge in [0.05, 0.1) is 18.2 Å². The van der Waals surface area contributed by atoms with E-state index < -0.39 is 23.9 Å². The number of hydrogen-bond acceptors (Lipinski definition) is 8. The van der Waals surface area contributed by atoms with Gasteiger partial charge in [0, 0.05) is 54.7 Å². The summed E-state index contributed by atoms with van der Waals surface area (Å²) in [6.45, 7) is 1.57. The summed E-state index contributed by atoms with van der Waals surface area (Å²) in [5, 5.41) is 24.8. The molecule has 32 heavy (non-hydrogen) atoms. The molecule has 0 aliphatic heterocycles. The molecule has 0 spiro atoms. The van der Waals surface area contributed by atoms with Gasteiger partial charge in [-0.2, -0.15) is 0 Å². The lowest BCUT2D eigenvalue weighted by molar-refractivity contribution is -0.527. The van der Waals surface area contributed by atoms with Gasteiger partial charge in [-0.1, -0.05) is 45.2 Å². The highest BCUT2D eigenvalue weighted by Gasteiger charge is 2.44. The molecule has 0 radical (unpaired) electrons. The number of carbonyl (C=O) groups excluding carboxylic acids is 2. The molecule has 1 heterocycles. The van der Waals surface area contributed by atoms with Gasteiger partial charge in [0.2, 0.25) is 18.0 Å². The van der Waals surface area contributed by atoms with Crippen LogP contribution in [0.2, 0.25) is 0 Å². The average molecular weight is 690 g/mol. The molecule has 13 heteroatoms. The molecule has 10 nitrogen and oxygen atoms in total. The first-order valence-corrected chi connectivity index (χ1v) is 13.8. The molecule has 2 fully saturated rings. The number of halogens is 2. The fourth-order valence-electron chi connectivity index (χ4n) is 4.37. The number of ketones is 1. The Morgan fingerprint density at radius 2 is 1.59 bits per heavy atom. The molecule has 0 N–H and O–H groups in total. The number of carbonyl (C=O) groups is 2. The third kappa shape index (κ3) is 5.93. The quantitative estimate of drug-likeness (QED) is 0.184. The highest BCUT2D eigenvalue weighted by atomic mass is 127. The van der Waals surface area contributed by atoms with Gasteiger partial charge in [-0.15, -0.1) is 11.3 Å². The fraction of sp³-hybridized carbons (Fsp3) is 0.737. The third-order valence-corrected chi connectivity index (χ3v) is 10.2. The van der Waals surface area contributed by atoms with Crippen molar-refractivity contribution in [3.8, 4) is 0 Å². The van der Waals surface area contributed by atoms with Crippen molar-refractivity contribution < 1.29 is 19.4 Å². The van der Waals surface area contributed by atoms with Crippen molar-refractivity contribution in [3.63, 3.8) is 0 Å². The van der Waals surface area contributed by atoms with Gasteiger partial charge in [-0.3, -0.25) is 34.7 Å². The maximum Gasteiger partial charge on any atom is 0.233 e. The standard InChI is InChI=1S/C19H24I2N4O6S/c1-10-9-32-19(22-10)23(18(27)14-7-12(25(30)31)3-5-16(14)21)8-17(26)13-6-11(24(28)29)2-4-15(13)20/h9,11-16H,2-8H2,1H3. The molecule has 6 atom stereocenters. The number of hydrogen-bond donors (Lipinski definition) is 0. The summed E-state index contributed by atoms with van der Waals surface area (Å²) in [5.74, 6) is -1.64. The van der Waals surface area contributed by atoms with E-state index in [9.17, 15) is 29.8 Å². The van der Waals surface area contributed by atoms with Crippen LogP contribution in [-0.2, 0) is 9.59 Å². The molecule has 1 aromatic heterocycles. The van der Waals surface area contributed by atoms with E-state index in [2.05, 4.69) is 50.2 Å². The molecule has 3 rings (SSSR count). The van der Waals surface area contributed by atoms with Gasteiger partial charge in [0.15, 0.2) is 10.9 Å². The second kappa shape index (κ2) is 11.0. The second-order valence-electron chi connectivity index (χ2n) is 8.41. The van der Waals surface area contributed by atoms with Crippen molar-refractivity contribution in [2.24, 2.45) is 11.8 Å². The molecule has 0 aromatic carbocycles. The molecule has 1 aromatic rings. The number of nitro groups is 2. The molecule has 6 unspecified atom stereocenters. The Bertz CT molecular complexity index is 899. The number of amides is 1. The number of alkyl halides is 2. The topological polar surface area (TPSA) is 137 Å². The second-order valence-corrected chi connectivity index (χ2v) is 12.4. The minimum atomic E-state index is -0.775. The normalized spacial score (nSPS) is 30.5. The van der Waals surface area contributed by atoms with Crippen LogP contribution in [-0.4, -0.2) is 53.0 Å². The Labute approximate surface area is 216 Å². The van der Waals surface area contributed by atoms with Crippen molar-refractivity contribution in [2.75, 3.05) is 11.4 Å². The van der Waals surface area contributed by atoms with Crippen molar-refractivity contribution >= 4 is 73.3 Å². The third-order valence-electron chi connectivity index (χ3n) is 6.22. The smallest absolute Gasteiger partial charge is 0.233 e. The number of rotatable bonds is 7. The van der Waals surface area contributed by atoms with Gasteiger partial charge >= 0.3 is 0 Å². The van der Waals surface area contributed by atoms with Crippen molar-refractivity contribution in [3.05, 3.63) is 31.3 Å². The molecule has 2 aliphatic rings. The van der Waals surface area contributed by atoms with Crippen LogP contribution >= 0.6 is 56.5 Å². The van der Waals surface area contributed by atoms with Crippen LogP contribution in [0, 0.1) is 39.0 Å². The Hall–Kier alpha value is -0.970. The van der Waals surface area contributed by atoms with E-state index in [4.69, 9.17) is 0 Å². The zero-order valence-corrected chi connectivity index (χ0v) is 22.5. The lowest BCUT2D eigenvalue weighted by atomic mass is 9.82. The number of nitrogens with zero attached hydrogens (tertiary/aromatic N) is 4. The molecule has 2 aliphatic carbocycles. The van der Waals surface area contributed by atoms with Crippen LogP contribution in [0.15, 0.2) is 5.38 Å². The molecular formula is C19H24I2N4O6S. The number of aryl methyl sites for hydroxylation is 1. The van der Waals surface area contributed by atoms with Crippen LogP contribution in [0.4, 0.5) is 5.13 Å². The van der Waals surface area contributed by atoms with E-state index in [-0.39, 0.29) is 48.8 Å². The summed E-state index contributed by atoms with van der Waals surface area (Å²) in [6, 6.07) is -1.53. The predicted molar refractivity (Wildman–Crippen MR) is 136 cm³/mol. The van der Waals surface area contributed by atoms with Crippen LogP contribution in [0.5, 0.6) is 0 Å². The van der Waals surface area contributed by atoms with Crippen LogP contribution in [0.1, 0.15) is 44.2 Å². The van der Waals surface area contributed by atoms with Crippen molar-refractivity contribution in [2.45, 2.75) is 65.4 Å². The van der Waals surface area contributed by atoms with E-state index in [1.807, 2.05) is 0 Å². The van der Waals surface area contributed by atoms with E-state index >= 15 is 0 Å². The lowest BCUT2D eigenvalue weighted by Crippen LogP contribution is -2.48. The van der Waals surface area contributed by atoms with Gasteiger partial charge in [0.25, 0.3) is 0 Å². The lowest BCUT2D eigenvalue weighted by Gasteiger charge is -2.33. The summed E-state index contributed by atoms with van der Waals surface area (Å²) in [7, 11) is 0. The first-order chi connectivity index (χ1) is 15.1. The maximum atomic E-state index is 13.6. The van der Waals surface area contributed by atoms with E-state index in [0.717, 1.165) is 0 Å². The number of thiazole rings is 1. The first-order valence-electron chi connectivity index (χ1n) is 10.4. The maximum absolute atomic E-state index is 13.6. The number of aromatic nitrogens is 1. The van der Waals surface area contributed by atoms with Crippen molar-refractivity contribution in [1.29, 1.82) is 0 Å². The number of Topliss-reactive ketones (excluding diaryl/α,β-unsaturated/α-hetero) is 1. The molecule has 2 saturated carbocycles. The van der Waals surface area contributed by atoms with E-state index in [1.165, 1.54) is 16.2 Å².